The van der Waals surface area contributed by atoms with Gasteiger partial charge in [0.15, 0.2) is 0 Å². The molecule has 26 heavy (non-hydrogen) atoms. The third kappa shape index (κ3) is 4.82. The van der Waals surface area contributed by atoms with Gasteiger partial charge in [0.1, 0.15) is 10.1 Å². The van der Waals surface area contributed by atoms with Crippen LogP contribution in [0, 0.1) is 5.92 Å². The molecule has 1 atom stereocenters. The van der Waals surface area contributed by atoms with E-state index in [2.05, 4.69) is 15.3 Å². The molecule has 0 radical (unpaired) electrons. The highest BCUT2D eigenvalue weighted by molar-refractivity contribution is 7.99. The summed E-state index contributed by atoms with van der Waals surface area (Å²) in [5, 5.41) is 4.59. The van der Waals surface area contributed by atoms with Gasteiger partial charge < -0.3 is 10.2 Å². The van der Waals surface area contributed by atoms with Crippen molar-refractivity contribution >= 4 is 29.3 Å². The van der Waals surface area contributed by atoms with Crippen LogP contribution in [-0.4, -0.2) is 39.8 Å². The molecule has 2 amide bonds. The van der Waals surface area contributed by atoms with Crippen LogP contribution in [0.3, 0.4) is 0 Å². The fourth-order valence-electron chi connectivity index (χ4n) is 2.94. The minimum Gasteiger partial charge on any atom is -0.342 e. The minimum absolute atomic E-state index is 0.0430. The lowest BCUT2D eigenvalue weighted by Gasteiger charge is -2.31. The number of hydrogen-bond acceptors (Lipinski definition) is 5. The Hall–Kier alpha value is -2.41. The molecular weight excluding hydrogens is 348 g/mol. The zero-order chi connectivity index (χ0) is 18.4. The summed E-state index contributed by atoms with van der Waals surface area (Å²) in [7, 11) is 0. The second-order valence-corrected chi connectivity index (χ2v) is 7.22. The van der Waals surface area contributed by atoms with Gasteiger partial charge in [0.05, 0.1) is 5.92 Å². The van der Waals surface area contributed by atoms with Crippen molar-refractivity contribution in [1.29, 1.82) is 0 Å². The smallest absolute Gasteiger partial charge is 0.229 e. The molecule has 0 aliphatic carbocycles. The fourth-order valence-corrected chi connectivity index (χ4v) is 3.72. The van der Waals surface area contributed by atoms with Crippen molar-refractivity contribution in [3.63, 3.8) is 0 Å². The van der Waals surface area contributed by atoms with Gasteiger partial charge in [0.2, 0.25) is 11.8 Å². The number of hydrogen-bond donors (Lipinski definition) is 1. The van der Waals surface area contributed by atoms with Crippen LogP contribution in [0.25, 0.3) is 0 Å². The molecule has 1 N–H and O–H groups in total. The van der Waals surface area contributed by atoms with Gasteiger partial charge in [0, 0.05) is 37.6 Å². The van der Waals surface area contributed by atoms with Crippen molar-refractivity contribution in [2.45, 2.75) is 36.2 Å². The van der Waals surface area contributed by atoms with E-state index in [1.807, 2.05) is 31.2 Å². The number of carbonyl (C=O) groups is 2. The normalized spacial score (nSPS) is 17.0. The third-order valence-electron chi connectivity index (χ3n) is 4.30. The maximum atomic E-state index is 12.6. The Morgan fingerprint density at radius 2 is 2.08 bits per heavy atom. The summed E-state index contributed by atoms with van der Waals surface area (Å²) in [6, 6.07) is 9.32. The lowest BCUT2D eigenvalue weighted by molar-refractivity contribution is -0.134. The van der Waals surface area contributed by atoms with Crippen molar-refractivity contribution in [3.8, 4) is 0 Å². The number of carbonyl (C=O) groups excluding carboxylic acids is 2. The molecule has 3 rings (SSSR count). The summed E-state index contributed by atoms with van der Waals surface area (Å²) in [6.45, 7) is 3.10. The average molecular weight is 370 g/mol. The maximum Gasteiger partial charge on any atom is 0.229 e. The summed E-state index contributed by atoms with van der Waals surface area (Å²) in [4.78, 5) is 34.9. The van der Waals surface area contributed by atoms with Crippen LogP contribution < -0.4 is 5.32 Å². The summed E-state index contributed by atoms with van der Waals surface area (Å²) < 4.78 is 0. The van der Waals surface area contributed by atoms with Gasteiger partial charge in [-0.3, -0.25) is 9.59 Å². The predicted octanol–water partition coefficient (Wildman–Crippen LogP) is 3.21. The molecule has 1 unspecified atom stereocenters. The van der Waals surface area contributed by atoms with Crippen LogP contribution >= 0.6 is 11.8 Å². The Bertz CT molecular complexity index is 769. The van der Waals surface area contributed by atoms with Crippen molar-refractivity contribution in [3.05, 3.63) is 42.7 Å². The van der Waals surface area contributed by atoms with E-state index in [0.29, 0.717) is 18.7 Å². The maximum absolute atomic E-state index is 12.6. The number of rotatable bonds is 5. The van der Waals surface area contributed by atoms with Gasteiger partial charge in [-0.25, -0.2) is 9.97 Å². The van der Waals surface area contributed by atoms with Crippen molar-refractivity contribution in [2.75, 3.05) is 18.4 Å². The molecule has 1 aliphatic rings. The number of pyridine rings is 2. The van der Waals surface area contributed by atoms with Gasteiger partial charge >= 0.3 is 0 Å². The van der Waals surface area contributed by atoms with Gasteiger partial charge in [0.25, 0.3) is 0 Å². The van der Waals surface area contributed by atoms with Crippen molar-refractivity contribution in [1.82, 2.24) is 14.9 Å². The van der Waals surface area contributed by atoms with E-state index in [0.717, 1.165) is 29.4 Å². The molecule has 0 spiro atoms. The minimum atomic E-state index is -0.167. The number of piperidine rings is 1. The highest BCUT2D eigenvalue weighted by Gasteiger charge is 2.27. The van der Waals surface area contributed by atoms with Crippen LogP contribution in [0.1, 0.15) is 26.2 Å². The first-order valence-electron chi connectivity index (χ1n) is 8.79. The van der Waals surface area contributed by atoms with Crippen molar-refractivity contribution in [2.24, 2.45) is 5.92 Å². The van der Waals surface area contributed by atoms with E-state index in [4.69, 9.17) is 0 Å². The second-order valence-electron chi connectivity index (χ2n) is 6.17. The zero-order valence-corrected chi connectivity index (χ0v) is 15.5. The number of aromatic nitrogens is 2. The third-order valence-corrected chi connectivity index (χ3v) is 5.18. The predicted molar refractivity (Wildman–Crippen MR) is 101 cm³/mol. The molecule has 2 aromatic heterocycles. The molecule has 1 aliphatic heterocycles. The largest absolute Gasteiger partial charge is 0.342 e. The average Bonchev–Trinajstić information content (AvgIpc) is 2.68. The van der Waals surface area contributed by atoms with Crippen LogP contribution in [0.4, 0.5) is 5.69 Å². The Labute approximate surface area is 157 Å². The highest BCUT2D eigenvalue weighted by atomic mass is 32.2. The Morgan fingerprint density at radius 3 is 2.85 bits per heavy atom. The molecule has 1 saturated heterocycles. The molecule has 2 aromatic rings. The van der Waals surface area contributed by atoms with Crippen molar-refractivity contribution < 1.29 is 9.59 Å². The molecule has 0 bridgehead atoms. The summed E-state index contributed by atoms with van der Waals surface area (Å²) >= 11 is 1.45. The van der Waals surface area contributed by atoms with Gasteiger partial charge in [-0.15, -0.1) is 0 Å². The number of nitrogens with one attached hydrogen (secondary N) is 1. The van der Waals surface area contributed by atoms with E-state index in [1.165, 1.54) is 11.8 Å². The zero-order valence-electron chi connectivity index (χ0n) is 14.7. The standard InChI is InChI=1S/C19H22N4O2S/c1-2-18(24)23-11-5-6-14(13-23)19(25)22-15-8-10-21-17(12-15)26-16-7-3-4-9-20-16/h3-4,7-10,12,14H,2,5-6,11,13H2,1H3,(H,21,22,25). The van der Waals surface area contributed by atoms with E-state index in [9.17, 15) is 9.59 Å². The SMILES string of the molecule is CCC(=O)N1CCCC(C(=O)Nc2ccnc(Sc3ccccn3)c2)C1. The first-order valence-corrected chi connectivity index (χ1v) is 9.61. The Kier molecular flexibility index (Phi) is 6.22. The fraction of sp³-hybridized carbons (Fsp3) is 0.368. The molecular formula is C19H22N4O2S. The Morgan fingerprint density at radius 1 is 1.23 bits per heavy atom. The second kappa shape index (κ2) is 8.80. The molecule has 1 fully saturated rings. The first kappa shape index (κ1) is 18.4. The van der Waals surface area contributed by atoms with E-state index in [-0.39, 0.29) is 17.7 Å². The lowest BCUT2D eigenvalue weighted by atomic mass is 9.97. The number of likely N-dealkylation sites (tertiary alicyclic amines) is 1. The van der Waals surface area contributed by atoms with E-state index >= 15 is 0 Å². The molecule has 136 valence electrons. The molecule has 0 saturated carbocycles. The highest BCUT2D eigenvalue weighted by Crippen LogP contribution is 2.26. The summed E-state index contributed by atoms with van der Waals surface area (Å²) in [5.41, 5.74) is 0.711. The number of amides is 2. The van der Waals surface area contributed by atoms with E-state index in [1.54, 1.807) is 23.4 Å². The van der Waals surface area contributed by atoms with Crippen LogP contribution in [0.5, 0.6) is 0 Å². The van der Waals surface area contributed by atoms with Gasteiger partial charge in [-0.1, -0.05) is 24.8 Å². The van der Waals surface area contributed by atoms with Crippen LogP contribution in [0.15, 0.2) is 52.8 Å². The molecule has 6 nitrogen and oxygen atoms in total. The van der Waals surface area contributed by atoms with Gasteiger partial charge in [-0.2, -0.15) is 0 Å². The summed E-state index contributed by atoms with van der Waals surface area (Å²) in [6.07, 6.45) is 5.56. The lowest BCUT2D eigenvalue weighted by Crippen LogP contribution is -2.43. The number of anilines is 1. The van der Waals surface area contributed by atoms with Gasteiger partial charge in [-0.05, 0) is 37.1 Å². The Balaban J connectivity index is 1.62. The van der Waals surface area contributed by atoms with Crippen LogP contribution in [-0.2, 0) is 9.59 Å². The quantitative estimate of drug-likeness (QED) is 0.875. The monoisotopic (exact) mass is 370 g/mol. The molecule has 0 aromatic carbocycles. The number of nitrogens with zero attached hydrogens (tertiary/aromatic N) is 3. The molecule has 7 heteroatoms. The molecule has 3 heterocycles. The van der Waals surface area contributed by atoms with E-state index < -0.39 is 0 Å². The van der Waals surface area contributed by atoms with Crippen LogP contribution in [0.2, 0.25) is 0 Å². The first-order chi connectivity index (χ1) is 12.7. The summed E-state index contributed by atoms with van der Waals surface area (Å²) in [5.74, 6) is -0.0987. The topological polar surface area (TPSA) is 75.2 Å².